The summed E-state index contributed by atoms with van der Waals surface area (Å²) in [5.41, 5.74) is 2.22. The van der Waals surface area contributed by atoms with E-state index in [2.05, 4.69) is 27.1 Å². The Morgan fingerprint density at radius 2 is 2.20 bits per heavy atom. The summed E-state index contributed by atoms with van der Waals surface area (Å²) < 4.78 is 4.85. The Kier molecular flexibility index (Phi) is 3.29. The summed E-state index contributed by atoms with van der Waals surface area (Å²) in [6, 6.07) is 9.04. The summed E-state index contributed by atoms with van der Waals surface area (Å²) in [6.45, 7) is 0.297. The SMILES string of the molecule is O=C1N[C@H](c2cccc(C#Cc3cccnc3)n2)CO1. The molecule has 1 aliphatic rings. The van der Waals surface area contributed by atoms with Crippen LogP contribution < -0.4 is 5.32 Å². The first-order valence-electron chi connectivity index (χ1n) is 6.13. The van der Waals surface area contributed by atoms with E-state index in [1.807, 2.05) is 30.3 Å². The Hall–Kier alpha value is -2.87. The van der Waals surface area contributed by atoms with E-state index in [0.717, 1.165) is 11.3 Å². The van der Waals surface area contributed by atoms with E-state index in [0.29, 0.717) is 12.3 Å². The van der Waals surface area contributed by atoms with E-state index in [1.165, 1.54) is 0 Å². The van der Waals surface area contributed by atoms with Gasteiger partial charge in [-0.1, -0.05) is 12.0 Å². The van der Waals surface area contributed by atoms with Crippen molar-refractivity contribution in [1.82, 2.24) is 15.3 Å². The molecule has 1 amide bonds. The van der Waals surface area contributed by atoms with Crippen molar-refractivity contribution in [3.8, 4) is 11.8 Å². The summed E-state index contributed by atoms with van der Waals surface area (Å²) >= 11 is 0. The number of carbonyl (C=O) groups is 1. The third-order valence-electron chi connectivity index (χ3n) is 2.80. The average molecular weight is 265 g/mol. The minimum Gasteiger partial charge on any atom is -0.447 e. The lowest BCUT2D eigenvalue weighted by molar-refractivity contribution is 0.177. The van der Waals surface area contributed by atoms with E-state index < -0.39 is 6.09 Å². The summed E-state index contributed by atoms with van der Waals surface area (Å²) in [5.74, 6) is 5.98. The monoisotopic (exact) mass is 265 g/mol. The van der Waals surface area contributed by atoms with Gasteiger partial charge in [-0.05, 0) is 30.2 Å². The maximum Gasteiger partial charge on any atom is 0.407 e. The van der Waals surface area contributed by atoms with Gasteiger partial charge in [0.15, 0.2) is 0 Å². The lowest BCUT2D eigenvalue weighted by Crippen LogP contribution is -2.19. The zero-order valence-electron chi connectivity index (χ0n) is 10.5. The second-order valence-corrected chi connectivity index (χ2v) is 4.23. The molecular formula is C15H11N3O2. The van der Waals surface area contributed by atoms with Crippen molar-refractivity contribution in [1.29, 1.82) is 0 Å². The Morgan fingerprint density at radius 3 is 2.95 bits per heavy atom. The molecule has 0 unspecified atom stereocenters. The van der Waals surface area contributed by atoms with E-state index in [4.69, 9.17) is 4.74 Å². The maximum atomic E-state index is 11.0. The standard InChI is InChI=1S/C15H11N3O2/c19-15-18-14(10-20-15)13-5-1-4-12(17-13)7-6-11-3-2-8-16-9-11/h1-5,8-9,14H,10H2,(H,18,19)/t14-/m0/s1. The smallest absolute Gasteiger partial charge is 0.407 e. The van der Waals surface area contributed by atoms with Gasteiger partial charge >= 0.3 is 6.09 Å². The predicted molar refractivity (Wildman–Crippen MR) is 71.7 cm³/mol. The van der Waals surface area contributed by atoms with Gasteiger partial charge in [0, 0.05) is 18.0 Å². The summed E-state index contributed by atoms with van der Waals surface area (Å²) in [6.07, 6.45) is 2.98. The normalized spacial score (nSPS) is 16.8. The topological polar surface area (TPSA) is 64.1 Å². The molecule has 3 rings (SSSR count). The molecule has 5 heteroatoms. The van der Waals surface area contributed by atoms with Gasteiger partial charge in [0.25, 0.3) is 0 Å². The third-order valence-corrected chi connectivity index (χ3v) is 2.80. The maximum absolute atomic E-state index is 11.0. The highest BCUT2D eigenvalue weighted by molar-refractivity contribution is 5.69. The van der Waals surface area contributed by atoms with Crippen LogP contribution in [0.25, 0.3) is 0 Å². The molecule has 2 aromatic heterocycles. The first-order chi connectivity index (χ1) is 9.81. The lowest BCUT2D eigenvalue weighted by atomic mass is 10.2. The first kappa shape index (κ1) is 12.2. The molecule has 0 aromatic carbocycles. The van der Waals surface area contributed by atoms with Crippen LogP contribution in [0.1, 0.15) is 23.0 Å². The molecular weight excluding hydrogens is 254 g/mol. The van der Waals surface area contributed by atoms with Gasteiger partial charge in [0.2, 0.25) is 0 Å². The number of alkyl carbamates (subject to hydrolysis) is 1. The molecule has 0 bridgehead atoms. The molecule has 5 nitrogen and oxygen atoms in total. The van der Waals surface area contributed by atoms with Gasteiger partial charge < -0.3 is 10.1 Å². The molecule has 1 aliphatic heterocycles. The molecule has 1 saturated heterocycles. The molecule has 20 heavy (non-hydrogen) atoms. The van der Waals surface area contributed by atoms with E-state index >= 15 is 0 Å². The Bertz CT molecular complexity index is 689. The second-order valence-electron chi connectivity index (χ2n) is 4.23. The fourth-order valence-corrected chi connectivity index (χ4v) is 1.83. The number of ether oxygens (including phenoxy) is 1. The van der Waals surface area contributed by atoms with Gasteiger partial charge in [-0.15, -0.1) is 0 Å². The van der Waals surface area contributed by atoms with Crippen LogP contribution in [0.15, 0.2) is 42.7 Å². The predicted octanol–water partition coefficient (Wildman–Crippen LogP) is 1.66. The van der Waals surface area contributed by atoms with Crippen molar-refractivity contribution in [3.63, 3.8) is 0 Å². The lowest BCUT2D eigenvalue weighted by Gasteiger charge is -2.06. The van der Waals surface area contributed by atoms with Crippen molar-refractivity contribution in [2.75, 3.05) is 6.61 Å². The number of amides is 1. The zero-order chi connectivity index (χ0) is 13.8. The minimum atomic E-state index is -0.413. The van der Waals surface area contributed by atoms with Gasteiger partial charge in [-0.25, -0.2) is 9.78 Å². The van der Waals surface area contributed by atoms with Gasteiger partial charge in [-0.3, -0.25) is 4.98 Å². The van der Waals surface area contributed by atoms with Gasteiger partial charge in [0.1, 0.15) is 18.3 Å². The van der Waals surface area contributed by atoms with E-state index in [1.54, 1.807) is 12.4 Å². The van der Waals surface area contributed by atoms with Crippen LogP contribution in [0.4, 0.5) is 4.79 Å². The summed E-state index contributed by atoms with van der Waals surface area (Å²) in [5, 5.41) is 2.69. The fourth-order valence-electron chi connectivity index (χ4n) is 1.83. The Balaban J connectivity index is 1.82. The number of nitrogens with zero attached hydrogens (tertiary/aromatic N) is 2. The number of carbonyl (C=O) groups excluding carboxylic acids is 1. The second kappa shape index (κ2) is 5.41. The fraction of sp³-hybridized carbons (Fsp3) is 0.133. The molecule has 3 heterocycles. The molecule has 1 N–H and O–H groups in total. The highest BCUT2D eigenvalue weighted by Gasteiger charge is 2.24. The minimum absolute atomic E-state index is 0.206. The van der Waals surface area contributed by atoms with Crippen LogP contribution in [0.2, 0.25) is 0 Å². The van der Waals surface area contributed by atoms with E-state index in [9.17, 15) is 4.79 Å². The van der Waals surface area contributed by atoms with Crippen LogP contribution in [-0.4, -0.2) is 22.7 Å². The molecule has 2 aromatic rings. The van der Waals surface area contributed by atoms with Crippen molar-refractivity contribution in [2.45, 2.75) is 6.04 Å². The molecule has 0 radical (unpaired) electrons. The van der Waals surface area contributed by atoms with Crippen LogP contribution >= 0.6 is 0 Å². The molecule has 0 aliphatic carbocycles. The van der Waals surface area contributed by atoms with Crippen LogP contribution in [-0.2, 0) is 4.74 Å². The quantitative estimate of drug-likeness (QED) is 0.796. The molecule has 1 fully saturated rings. The number of cyclic esters (lactones) is 1. The molecule has 0 spiro atoms. The molecule has 98 valence electrons. The van der Waals surface area contributed by atoms with Gasteiger partial charge in [0.05, 0.1) is 5.69 Å². The van der Waals surface area contributed by atoms with Crippen LogP contribution in [0, 0.1) is 11.8 Å². The van der Waals surface area contributed by atoms with Crippen molar-refractivity contribution >= 4 is 6.09 Å². The van der Waals surface area contributed by atoms with Crippen molar-refractivity contribution in [2.24, 2.45) is 0 Å². The number of pyridine rings is 2. The number of hydrogen-bond donors (Lipinski definition) is 1. The first-order valence-corrected chi connectivity index (χ1v) is 6.13. The molecule has 0 saturated carbocycles. The average Bonchev–Trinajstić information content (AvgIpc) is 2.93. The van der Waals surface area contributed by atoms with Gasteiger partial charge in [-0.2, -0.15) is 0 Å². The number of rotatable bonds is 1. The largest absolute Gasteiger partial charge is 0.447 e. The summed E-state index contributed by atoms with van der Waals surface area (Å²) in [4.78, 5) is 19.4. The molecule has 1 atom stereocenters. The van der Waals surface area contributed by atoms with E-state index in [-0.39, 0.29) is 6.04 Å². The Labute approximate surface area is 116 Å². The zero-order valence-corrected chi connectivity index (χ0v) is 10.5. The highest BCUT2D eigenvalue weighted by Crippen LogP contribution is 2.15. The highest BCUT2D eigenvalue weighted by atomic mass is 16.6. The van der Waals surface area contributed by atoms with Crippen LogP contribution in [0.5, 0.6) is 0 Å². The van der Waals surface area contributed by atoms with Crippen molar-refractivity contribution in [3.05, 3.63) is 59.7 Å². The Morgan fingerprint density at radius 1 is 1.25 bits per heavy atom. The number of nitrogens with one attached hydrogen (secondary N) is 1. The van der Waals surface area contributed by atoms with Crippen molar-refractivity contribution < 1.29 is 9.53 Å². The number of hydrogen-bond acceptors (Lipinski definition) is 4. The third kappa shape index (κ3) is 2.75. The van der Waals surface area contributed by atoms with Crippen LogP contribution in [0.3, 0.4) is 0 Å². The summed E-state index contributed by atoms with van der Waals surface area (Å²) in [7, 11) is 0. The number of aromatic nitrogens is 2.